The van der Waals surface area contributed by atoms with E-state index in [0.717, 1.165) is 19.4 Å². The summed E-state index contributed by atoms with van der Waals surface area (Å²) in [6.45, 7) is 2.05. The number of carboxylic acids is 1. The molecule has 0 aliphatic carbocycles. The molecule has 1 fully saturated rings. The largest absolute Gasteiger partial charge is 0.480 e. The maximum Gasteiger partial charge on any atom is 0.326 e. The van der Waals surface area contributed by atoms with Crippen molar-refractivity contribution in [1.29, 1.82) is 0 Å². The molecular weight excluding hydrogens is 280 g/mol. The zero-order valence-electron chi connectivity index (χ0n) is 12.1. The van der Waals surface area contributed by atoms with Gasteiger partial charge in [0.05, 0.1) is 0 Å². The monoisotopic (exact) mass is 304 g/mol. The molecule has 1 heterocycles. The molecule has 7 heteroatoms. The Morgan fingerprint density at radius 2 is 2.10 bits per heavy atom. The van der Waals surface area contributed by atoms with Gasteiger partial charge in [-0.1, -0.05) is 0 Å². The van der Waals surface area contributed by atoms with Gasteiger partial charge in [-0.3, -0.25) is 0 Å². The lowest BCUT2D eigenvalue weighted by atomic mass is 9.98. The Balaban J connectivity index is 2.39. The van der Waals surface area contributed by atoms with Crippen LogP contribution in [0.4, 0.5) is 4.79 Å². The second-order valence-electron chi connectivity index (χ2n) is 5.01. The van der Waals surface area contributed by atoms with Crippen LogP contribution in [-0.4, -0.2) is 66.9 Å². The summed E-state index contributed by atoms with van der Waals surface area (Å²) in [5.41, 5.74) is 0. The number of urea groups is 1. The Morgan fingerprint density at radius 3 is 2.60 bits per heavy atom. The highest BCUT2D eigenvalue weighted by molar-refractivity contribution is 7.98. The summed E-state index contributed by atoms with van der Waals surface area (Å²) >= 11 is 1.57. The van der Waals surface area contributed by atoms with Crippen LogP contribution in [0.15, 0.2) is 0 Å². The number of methoxy groups -OCH3 is 1. The molecule has 1 rings (SSSR count). The summed E-state index contributed by atoms with van der Waals surface area (Å²) in [5, 5.41) is 11.7. The first-order chi connectivity index (χ1) is 9.58. The number of carbonyl (C=O) groups is 2. The molecule has 20 heavy (non-hydrogen) atoms. The normalized spacial score (nSPS) is 17.8. The summed E-state index contributed by atoms with van der Waals surface area (Å²) in [5.74, 6) is 0.241. The smallest absolute Gasteiger partial charge is 0.326 e. The molecule has 0 spiro atoms. The van der Waals surface area contributed by atoms with Gasteiger partial charge in [0.15, 0.2) is 0 Å². The molecule has 6 nitrogen and oxygen atoms in total. The highest BCUT2D eigenvalue weighted by Gasteiger charge is 2.26. The molecule has 2 N–H and O–H groups in total. The first kappa shape index (κ1) is 17.1. The Hall–Kier alpha value is -0.950. The van der Waals surface area contributed by atoms with Crippen LogP contribution in [-0.2, 0) is 9.53 Å². The van der Waals surface area contributed by atoms with Crippen LogP contribution in [0.1, 0.15) is 19.3 Å². The van der Waals surface area contributed by atoms with E-state index in [1.165, 1.54) is 0 Å². The number of carbonyl (C=O) groups excluding carboxylic acids is 1. The average Bonchev–Trinajstić information content (AvgIpc) is 2.44. The number of hydrogen-bond donors (Lipinski definition) is 2. The number of nitrogens with one attached hydrogen (secondary N) is 1. The van der Waals surface area contributed by atoms with Crippen molar-refractivity contribution in [3.63, 3.8) is 0 Å². The summed E-state index contributed by atoms with van der Waals surface area (Å²) in [6, 6.07) is -1.07. The molecule has 0 aromatic rings. The zero-order valence-corrected chi connectivity index (χ0v) is 12.9. The number of ether oxygens (including phenoxy) is 1. The van der Waals surface area contributed by atoms with Crippen molar-refractivity contribution in [1.82, 2.24) is 10.2 Å². The van der Waals surface area contributed by atoms with Gasteiger partial charge < -0.3 is 20.1 Å². The van der Waals surface area contributed by atoms with Gasteiger partial charge in [0.25, 0.3) is 0 Å². The molecule has 1 aliphatic rings. The second kappa shape index (κ2) is 9.07. The van der Waals surface area contributed by atoms with Gasteiger partial charge in [0, 0.05) is 26.8 Å². The molecule has 2 amide bonds. The standard InChI is InChI=1S/C13H24N2O4S/c1-19-9-10-3-6-15(7-4-10)13(18)14-11(12(16)17)5-8-20-2/h10-11H,3-9H2,1-2H3,(H,14,18)(H,16,17)/t11-/m0/s1. The van der Waals surface area contributed by atoms with Crippen molar-refractivity contribution in [2.45, 2.75) is 25.3 Å². The molecule has 0 aromatic heterocycles. The number of amides is 2. The number of aliphatic carboxylic acids is 1. The predicted octanol–water partition coefficient (Wildman–Crippen LogP) is 1.26. The van der Waals surface area contributed by atoms with E-state index in [2.05, 4.69) is 5.32 Å². The Bertz CT molecular complexity index is 319. The Morgan fingerprint density at radius 1 is 1.45 bits per heavy atom. The Kier molecular flexibility index (Phi) is 7.76. The van der Waals surface area contributed by atoms with Gasteiger partial charge in [-0.2, -0.15) is 11.8 Å². The topological polar surface area (TPSA) is 78.9 Å². The number of carboxylic acid groups (broad SMARTS) is 1. The molecule has 1 aliphatic heterocycles. The number of thioether (sulfide) groups is 1. The number of piperidine rings is 1. The van der Waals surface area contributed by atoms with E-state index in [0.29, 0.717) is 31.2 Å². The van der Waals surface area contributed by atoms with Gasteiger partial charge in [-0.25, -0.2) is 9.59 Å². The molecular formula is C13H24N2O4S. The van der Waals surface area contributed by atoms with E-state index in [1.54, 1.807) is 23.8 Å². The molecule has 1 atom stereocenters. The molecule has 0 unspecified atom stereocenters. The summed E-state index contributed by atoms with van der Waals surface area (Å²) in [4.78, 5) is 24.9. The van der Waals surface area contributed by atoms with Gasteiger partial charge >= 0.3 is 12.0 Å². The first-order valence-corrected chi connectivity index (χ1v) is 8.24. The fourth-order valence-corrected chi connectivity index (χ4v) is 2.74. The minimum absolute atomic E-state index is 0.269. The van der Waals surface area contributed by atoms with Crippen LogP contribution in [0.5, 0.6) is 0 Å². The highest BCUT2D eigenvalue weighted by atomic mass is 32.2. The van der Waals surface area contributed by atoms with Gasteiger partial charge in [0.1, 0.15) is 6.04 Å². The van der Waals surface area contributed by atoms with Gasteiger partial charge in [-0.15, -0.1) is 0 Å². The third kappa shape index (κ3) is 5.58. The summed E-state index contributed by atoms with van der Waals surface area (Å²) < 4.78 is 5.12. The molecule has 0 saturated carbocycles. The fraction of sp³-hybridized carbons (Fsp3) is 0.846. The van der Waals surface area contributed by atoms with E-state index in [9.17, 15) is 9.59 Å². The maximum absolute atomic E-state index is 12.1. The first-order valence-electron chi connectivity index (χ1n) is 6.84. The summed E-state index contributed by atoms with van der Waals surface area (Å²) in [6.07, 6.45) is 4.18. The lowest BCUT2D eigenvalue weighted by Gasteiger charge is -2.32. The van der Waals surface area contributed by atoms with E-state index in [1.807, 2.05) is 6.26 Å². The van der Waals surface area contributed by atoms with Crippen molar-refractivity contribution in [2.24, 2.45) is 5.92 Å². The van der Waals surface area contributed by atoms with Crippen LogP contribution in [0.3, 0.4) is 0 Å². The number of likely N-dealkylation sites (tertiary alicyclic amines) is 1. The van der Waals surface area contributed by atoms with Crippen molar-refractivity contribution < 1.29 is 19.4 Å². The third-order valence-electron chi connectivity index (χ3n) is 3.51. The van der Waals surface area contributed by atoms with E-state index >= 15 is 0 Å². The zero-order chi connectivity index (χ0) is 15.0. The van der Waals surface area contributed by atoms with Crippen LogP contribution < -0.4 is 5.32 Å². The highest BCUT2D eigenvalue weighted by Crippen LogP contribution is 2.17. The Labute approximate surface area is 124 Å². The van der Waals surface area contributed by atoms with E-state index in [-0.39, 0.29) is 6.03 Å². The third-order valence-corrected chi connectivity index (χ3v) is 4.15. The van der Waals surface area contributed by atoms with E-state index in [4.69, 9.17) is 9.84 Å². The van der Waals surface area contributed by atoms with E-state index < -0.39 is 12.0 Å². The maximum atomic E-state index is 12.1. The second-order valence-corrected chi connectivity index (χ2v) is 5.99. The van der Waals surface area contributed by atoms with Crippen molar-refractivity contribution in [2.75, 3.05) is 38.8 Å². The number of nitrogens with zero attached hydrogens (tertiary/aromatic N) is 1. The average molecular weight is 304 g/mol. The molecule has 0 aromatic carbocycles. The van der Waals surface area contributed by atoms with Crippen LogP contribution in [0, 0.1) is 5.92 Å². The quantitative estimate of drug-likeness (QED) is 0.740. The number of hydrogen-bond acceptors (Lipinski definition) is 4. The van der Waals surface area contributed by atoms with Crippen molar-refractivity contribution in [3.8, 4) is 0 Å². The molecule has 0 radical (unpaired) electrons. The van der Waals surface area contributed by atoms with Crippen LogP contribution in [0.2, 0.25) is 0 Å². The fourth-order valence-electron chi connectivity index (χ4n) is 2.27. The van der Waals surface area contributed by atoms with Crippen LogP contribution in [0.25, 0.3) is 0 Å². The SMILES string of the molecule is COCC1CCN(C(=O)N[C@@H](CCSC)C(=O)O)CC1. The summed E-state index contributed by atoms with van der Waals surface area (Å²) in [7, 11) is 1.68. The molecule has 116 valence electrons. The van der Waals surface area contributed by atoms with Crippen LogP contribution >= 0.6 is 11.8 Å². The van der Waals surface area contributed by atoms with Crippen molar-refractivity contribution >= 4 is 23.8 Å². The minimum Gasteiger partial charge on any atom is -0.480 e. The molecule has 1 saturated heterocycles. The molecule has 0 bridgehead atoms. The van der Waals surface area contributed by atoms with Gasteiger partial charge in [-0.05, 0) is 37.2 Å². The number of rotatable bonds is 7. The van der Waals surface area contributed by atoms with Gasteiger partial charge in [0.2, 0.25) is 0 Å². The lowest BCUT2D eigenvalue weighted by Crippen LogP contribution is -2.50. The minimum atomic E-state index is -0.971. The van der Waals surface area contributed by atoms with Crippen molar-refractivity contribution in [3.05, 3.63) is 0 Å². The predicted molar refractivity (Wildman–Crippen MR) is 79.1 cm³/mol. The lowest BCUT2D eigenvalue weighted by molar-refractivity contribution is -0.139.